The second-order valence-electron chi connectivity index (χ2n) is 4.21. The molecule has 0 aromatic heterocycles. The minimum Gasteiger partial charge on any atom is -0.249 e. The van der Waals surface area contributed by atoms with Crippen LogP contribution in [0, 0.1) is 30.2 Å². The van der Waals surface area contributed by atoms with E-state index in [1.54, 1.807) is 0 Å². The third-order valence-corrected chi connectivity index (χ3v) is 5.96. The third-order valence-electron chi connectivity index (χ3n) is 2.96. The molecule has 1 unspecified atom stereocenters. The van der Waals surface area contributed by atoms with Gasteiger partial charge in [-0.15, -0.1) is 0 Å². The van der Waals surface area contributed by atoms with Crippen molar-refractivity contribution in [2.45, 2.75) is 26.5 Å². The molecule has 7 heteroatoms. The van der Waals surface area contributed by atoms with E-state index in [1.165, 1.54) is 6.92 Å². The van der Waals surface area contributed by atoms with Crippen molar-refractivity contribution in [3.05, 3.63) is 47.0 Å². The second-order valence-corrected chi connectivity index (χ2v) is 6.68. The molecule has 3 rings (SSSR count). The molecule has 104 valence electrons. The Labute approximate surface area is 118 Å². The zero-order chi connectivity index (χ0) is 14.6. The summed E-state index contributed by atoms with van der Waals surface area (Å²) in [5, 5.41) is 0. The zero-order valence-electron chi connectivity index (χ0n) is 9.97. The molecule has 20 heavy (non-hydrogen) atoms. The SMILES string of the molecule is Cc1c(F)c(F)cc2c1Sc1cc(F)c(F)cc1S2=O. The van der Waals surface area contributed by atoms with Crippen molar-refractivity contribution >= 4 is 22.6 Å². The smallest absolute Gasteiger partial charge is 0.162 e. The zero-order valence-corrected chi connectivity index (χ0v) is 11.6. The van der Waals surface area contributed by atoms with Gasteiger partial charge >= 0.3 is 0 Å². The first-order chi connectivity index (χ1) is 9.40. The molecule has 0 spiro atoms. The average Bonchev–Trinajstić information content (AvgIpc) is 2.41. The van der Waals surface area contributed by atoms with Crippen LogP contribution in [0.5, 0.6) is 0 Å². The van der Waals surface area contributed by atoms with E-state index < -0.39 is 34.1 Å². The number of fused-ring (bicyclic) bond motifs is 2. The van der Waals surface area contributed by atoms with Crippen molar-refractivity contribution in [3.63, 3.8) is 0 Å². The van der Waals surface area contributed by atoms with Crippen molar-refractivity contribution < 1.29 is 21.8 Å². The van der Waals surface area contributed by atoms with Gasteiger partial charge < -0.3 is 0 Å². The van der Waals surface area contributed by atoms with Crippen molar-refractivity contribution in [3.8, 4) is 0 Å². The van der Waals surface area contributed by atoms with Crippen LogP contribution in [0.1, 0.15) is 5.56 Å². The van der Waals surface area contributed by atoms with Crippen LogP contribution in [-0.2, 0) is 10.8 Å². The van der Waals surface area contributed by atoms with Crippen LogP contribution in [0.15, 0.2) is 37.8 Å². The molecule has 0 N–H and O–H groups in total. The lowest BCUT2D eigenvalue weighted by atomic mass is 10.2. The summed E-state index contributed by atoms with van der Waals surface area (Å²) in [6.07, 6.45) is 0. The van der Waals surface area contributed by atoms with E-state index >= 15 is 0 Å². The lowest BCUT2D eigenvalue weighted by Crippen LogP contribution is -2.08. The molecular weight excluding hydrogens is 312 g/mol. The first-order valence-corrected chi connectivity index (χ1v) is 7.44. The quantitative estimate of drug-likeness (QED) is 0.578. The van der Waals surface area contributed by atoms with Crippen LogP contribution in [-0.4, -0.2) is 4.21 Å². The van der Waals surface area contributed by atoms with Gasteiger partial charge in [0, 0.05) is 15.4 Å². The van der Waals surface area contributed by atoms with Gasteiger partial charge in [0.1, 0.15) is 0 Å². The fraction of sp³-hybridized carbons (Fsp3) is 0.0769. The fourth-order valence-electron chi connectivity index (χ4n) is 1.94. The van der Waals surface area contributed by atoms with Crippen LogP contribution in [0.3, 0.4) is 0 Å². The summed E-state index contributed by atoms with van der Waals surface area (Å²) < 4.78 is 65.7. The molecule has 1 aliphatic heterocycles. The molecule has 0 bridgehead atoms. The molecule has 0 saturated carbocycles. The van der Waals surface area contributed by atoms with Crippen LogP contribution in [0.2, 0.25) is 0 Å². The summed E-state index contributed by atoms with van der Waals surface area (Å²) >= 11 is 0.952. The van der Waals surface area contributed by atoms with Crippen molar-refractivity contribution in [1.82, 2.24) is 0 Å². The van der Waals surface area contributed by atoms with E-state index in [1.807, 2.05) is 0 Å². The standard InChI is InChI=1S/C13H6F4OS2/c1-5-12(17)8(16)4-11-13(5)19-9-2-6(14)7(15)3-10(9)20(11)18/h2-4H,1H3. The fourth-order valence-corrected chi connectivity index (χ4v) is 4.80. The summed E-state index contributed by atoms with van der Waals surface area (Å²) in [5.41, 5.74) is 0.00809. The van der Waals surface area contributed by atoms with Gasteiger partial charge in [-0.3, -0.25) is 0 Å². The maximum absolute atomic E-state index is 13.5. The first-order valence-electron chi connectivity index (χ1n) is 5.47. The predicted molar refractivity (Wildman–Crippen MR) is 66.3 cm³/mol. The number of rotatable bonds is 0. The summed E-state index contributed by atoms with van der Waals surface area (Å²) in [5.74, 6) is -4.34. The largest absolute Gasteiger partial charge is 0.249 e. The first kappa shape index (κ1) is 13.6. The molecule has 1 nitrogen and oxygen atoms in total. The van der Waals surface area contributed by atoms with Gasteiger partial charge in [-0.1, -0.05) is 11.8 Å². The Bertz CT molecular complexity index is 774. The van der Waals surface area contributed by atoms with Crippen molar-refractivity contribution in [2.75, 3.05) is 0 Å². The summed E-state index contributed by atoms with van der Waals surface area (Å²) in [7, 11) is -1.87. The van der Waals surface area contributed by atoms with Gasteiger partial charge in [0.15, 0.2) is 23.3 Å². The highest BCUT2D eigenvalue weighted by molar-refractivity contribution is 8.01. The molecule has 0 saturated heterocycles. The Morgan fingerprint density at radius 1 is 0.950 bits per heavy atom. The van der Waals surface area contributed by atoms with Crippen LogP contribution >= 0.6 is 11.8 Å². The van der Waals surface area contributed by atoms with E-state index in [9.17, 15) is 21.8 Å². The van der Waals surface area contributed by atoms with Gasteiger partial charge in [0.25, 0.3) is 0 Å². The third kappa shape index (κ3) is 1.88. The van der Waals surface area contributed by atoms with Crippen LogP contribution < -0.4 is 0 Å². The highest BCUT2D eigenvalue weighted by atomic mass is 32.2. The molecular formula is C13H6F4OS2. The van der Waals surface area contributed by atoms with Gasteiger partial charge in [0.05, 0.1) is 20.6 Å². The lowest BCUT2D eigenvalue weighted by molar-refractivity contribution is 0.493. The van der Waals surface area contributed by atoms with Gasteiger partial charge in [-0.05, 0) is 25.1 Å². The maximum atomic E-state index is 13.5. The highest BCUT2D eigenvalue weighted by Crippen LogP contribution is 2.45. The van der Waals surface area contributed by atoms with E-state index in [2.05, 4.69) is 0 Å². The molecule has 1 atom stereocenters. The van der Waals surface area contributed by atoms with Crippen LogP contribution in [0.25, 0.3) is 0 Å². The minimum absolute atomic E-state index is 0.00809. The number of hydrogen-bond acceptors (Lipinski definition) is 2. The van der Waals surface area contributed by atoms with Crippen LogP contribution in [0.4, 0.5) is 17.6 Å². The van der Waals surface area contributed by atoms with E-state index in [-0.39, 0.29) is 25.1 Å². The molecule has 0 radical (unpaired) electrons. The van der Waals surface area contributed by atoms with Crippen molar-refractivity contribution in [1.29, 1.82) is 0 Å². The predicted octanol–water partition coefficient (Wildman–Crippen LogP) is 4.18. The number of hydrogen-bond donors (Lipinski definition) is 0. The van der Waals surface area contributed by atoms with Gasteiger partial charge in [-0.25, -0.2) is 21.8 Å². The normalized spacial score (nSPS) is 16.8. The monoisotopic (exact) mass is 318 g/mol. The molecule has 0 fully saturated rings. The molecule has 1 heterocycles. The molecule has 2 aromatic rings. The Balaban J connectivity index is 2.28. The number of benzene rings is 2. The Hall–Kier alpha value is -1.34. The van der Waals surface area contributed by atoms with E-state index in [0.29, 0.717) is 0 Å². The average molecular weight is 318 g/mol. The molecule has 2 aromatic carbocycles. The Kier molecular flexibility index (Phi) is 3.13. The maximum Gasteiger partial charge on any atom is 0.162 e. The second kappa shape index (κ2) is 4.60. The Morgan fingerprint density at radius 3 is 2.25 bits per heavy atom. The van der Waals surface area contributed by atoms with E-state index in [0.717, 1.165) is 30.0 Å². The highest BCUT2D eigenvalue weighted by Gasteiger charge is 2.29. The lowest BCUT2D eigenvalue weighted by Gasteiger charge is -2.20. The summed E-state index contributed by atoms with van der Waals surface area (Å²) in [6, 6.07) is 2.58. The van der Waals surface area contributed by atoms with Crippen molar-refractivity contribution in [2.24, 2.45) is 0 Å². The Morgan fingerprint density at radius 2 is 1.55 bits per heavy atom. The van der Waals surface area contributed by atoms with E-state index in [4.69, 9.17) is 0 Å². The summed E-state index contributed by atoms with van der Waals surface area (Å²) in [4.78, 5) is 0.654. The van der Waals surface area contributed by atoms with Gasteiger partial charge in [-0.2, -0.15) is 0 Å². The minimum atomic E-state index is -1.87. The number of halogens is 4. The molecule has 0 amide bonds. The topological polar surface area (TPSA) is 17.1 Å². The molecule has 0 aliphatic carbocycles. The molecule has 1 aliphatic rings. The van der Waals surface area contributed by atoms with Gasteiger partial charge in [0.2, 0.25) is 0 Å². The summed E-state index contributed by atoms with van der Waals surface area (Å²) in [6.45, 7) is 1.35.